The summed E-state index contributed by atoms with van der Waals surface area (Å²) in [6, 6.07) is 21.1. The van der Waals surface area contributed by atoms with Crippen LogP contribution in [0.3, 0.4) is 0 Å². The van der Waals surface area contributed by atoms with Crippen LogP contribution in [-0.2, 0) is 19.3 Å². The van der Waals surface area contributed by atoms with Gasteiger partial charge in [-0.3, -0.25) is 4.79 Å². The predicted molar refractivity (Wildman–Crippen MR) is 129 cm³/mol. The van der Waals surface area contributed by atoms with Gasteiger partial charge in [-0.05, 0) is 54.1 Å². The average molecular weight is 499 g/mol. The minimum Gasteiger partial charge on any atom is -0.447 e. The number of benzene rings is 2. The van der Waals surface area contributed by atoms with Crippen LogP contribution in [0.4, 0.5) is 24.8 Å². The van der Waals surface area contributed by atoms with Gasteiger partial charge in [-0.1, -0.05) is 30.3 Å². The minimum atomic E-state index is -4.37. The van der Waals surface area contributed by atoms with E-state index in [-0.39, 0.29) is 23.8 Å². The van der Waals surface area contributed by atoms with Gasteiger partial charge in [-0.2, -0.15) is 13.2 Å². The molecule has 2 aromatic heterocycles. The quantitative estimate of drug-likeness (QED) is 0.274. The molecule has 0 fully saturated rings. The Labute approximate surface area is 203 Å². The number of ether oxygens (including phenoxy) is 1. The Kier molecular flexibility index (Phi) is 7.21. The number of carbonyl (C=O) groups excluding carboxylic acids is 1. The van der Waals surface area contributed by atoms with Gasteiger partial charge in [0.2, 0.25) is 0 Å². The van der Waals surface area contributed by atoms with Gasteiger partial charge in [0, 0.05) is 11.4 Å². The summed E-state index contributed by atoms with van der Waals surface area (Å²) in [5.41, 5.74) is 6.13. The van der Waals surface area contributed by atoms with Gasteiger partial charge in [0.1, 0.15) is 17.4 Å². The first-order valence-electron chi connectivity index (χ1n) is 10.5. The van der Waals surface area contributed by atoms with E-state index in [1.54, 1.807) is 12.1 Å². The first-order valence-corrected chi connectivity index (χ1v) is 11.4. The van der Waals surface area contributed by atoms with Crippen LogP contribution in [0.15, 0.2) is 78.9 Å². The normalized spacial score (nSPS) is 11.2. The molecular weight excluding hydrogens is 477 g/mol. The van der Waals surface area contributed by atoms with Crippen LogP contribution in [-0.4, -0.2) is 10.9 Å². The summed E-state index contributed by atoms with van der Waals surface area (Å²) >= 11 is 1.42. The number of pyridine rings is 1. The number of alkyl halides is 3. The van der Waals surface area contributed by atoms with E-state index in [0.29, 0.717) is 23.0 Å². The molecule has 0 aliphatic rings. The zero-order chi connectivity index (χ0) is 24.8. The van der Waals surface area contributed by atoms with Crippen molar-refractivity contribution in [3.8, 4) is 10.8 Å². The lowest BCUT2D eigenvalue weighted by atomic mass is 10.1. The molecule has 0 spiro atoms. The maximum atomic E-state index is 12.7. The highest BCUT2D eigenvalue weighted by Crippen LogP contribution is 2.30. The summed E-state index contributed by atoms with van der Waals surface area (Å²) < 4.78 is 43.8. The van der Waals surface area contributed by atoms with Crippen molar-refractivity contribution in [1.82, 2.24) is 10.3 Å². The molecule has 0 atom stereocenters. The lowest BCUT2D eigenvalue weighted by molar-refractivity contribution is -0.137. The molecule has 10 heteroatoms. The van der Waals surface area contributed by atoms with Gasteiger partial charge in [0.25, 0.3) is 5.91 Å². The smallest absolute Gasteiger partial charge is 0.416 e. The zero-order valence-electron chi connectivity index (χ0n) is 18.3. The minimum absolute atomic E-state index is 0.0409. The summed E-state index contributed by atoms with van der Waals surface area (Å²) in [5, 5.41) is 6.52. The number of thiophene rings is 1. The van der Waals surface area contributed by atoms with Crippen molar-refractivity contribution >= 4 is 28.9 Å². The second-order valence-electron chi connectivity index (χ2n) is 7.50. The van der Waals surface area contributed by atoms with E-state index in [1.807, 2.05) is 42.5 Å². The van der Waals surface area contributed by atoms with E-state index >= 15 is 0 Å². The Hall–Kier alpha value is -4.05. The van der Waals surface area contributed by atoms with Crippen LogP contribution >= 0.6 is 11.3 Å². The second kappa shape index (κ2) is 10.5. The number of nitrogen functional groups attached to an aromatic ring is 1. The zero-order valence-corrected chi connectivity index (χ0v) is 19.1. The molecule has 35 heavy (non-hydrogen) atoms. The van der Waals surface area contributed by atoms with Crippen molar-refractivity contribution in [3.63, 3.8) is 0 Å². The Balaban J connectivity index is 1.30. The molecule has 4 aromatic rings. The predicted octanol–water partition coefficient (Wildman–Crippen LogP) is 6.08. The van der Waals surface area contributed by atoms with Crippen LogP contribution in [0.25, 0.3) is 0 Å². The number of hydrogen-bond acceptors (Lipinski definition) is 6. The van der Waals surface area contributed by atoms with Gasteiger partial charge < -0.3 is 21.1 Å². The number of nitrogens with one attached hydrogen (secondary N) is 2. The first-order chi connectivity index (χ1) is 16.8. The molecule has 6 nitrogen and oxygen atoms in total. The number of halogens is 3. The van der Waals surface area contributed by atoms with Crippen LogP contribution in [0.2, 0.25) is 0 Å². The monoisotopic (exact) mass is 498 g/mol. The summed E-state index contributed by atoms with van der Waals surface area (Å²) in [4.78, 5) is 17.7. The Morgan fingerprint density at radius 3 is 2.37 bits per heavy atom. The van der Waals surface area contributed by atoms with E-state index in [4.69, 9.17) is 10.5 Å². The summed E-state index contributed by atoms with van der Waals surface area (Å²) in [6.45, 7) is 0.552. The van der Waals surface area contributed by atoms with Crippen molar-refractivity contribution in [1.29, 1.82) is 0 Å². The van der Waals surface area contributed by atoms with E-state index in [2.05, 4.69) is 15.6 Å². The van der Waals surface area contributed by atoms with Crippen molar-refractivity contribution < 1.29 is 22.7 Å². The first kappa shape index (κ1) is 24.1. The van der Waals surface area contributed by atoms with Crippen molar-refractivity contribution in [2.45, 2.75) is 19.3 Å². The Morgan fingerprint density at radius 2 is 1.69 bits per heavy atom. The molecule has 0 unspecified atom stereocenters. The lowest BCUT2D eigenvalue weighted by Gasteiger charge is -2.11. The van der Waals surface area contributed by atoms with Gasteiger partial charge in [0.05, 0.1) is 17.7 Å². The summed E-state index contributed by atoms with van der Waals surface area (Å²) in [7, 11) is 0. The molecule has 4 rings (SSSR count). The van der Waals surface area contributed by atoms with E-state index in [0.717, 1.165) is 22.8 Å². The number of hydrogen-bond donors (Lipinski definition) is 3. The van der Waals surface area contributed by atoms with Gasteiger partial charge in [0.15, 0.2) is 5.06 Å². The summed E-state index contributed by atoms with van der Waals surface area (Å²) in [5.74, 6) is 0.804. The van der Waals surface area contributed by atoms with Gasteiger partial charge in [-0.15, -0.1) is 11.3 Å². The lowest BCUT2D eigenvalue weighted by Crippen LogP contribution is -2.24. The van der Waals surface area contributed by atoms with E-state index in [1.165, 1.54) is 23.5 Å². The van der Waals surface area contributed by atoms with Crippen LogP contribution in [0, 0.1) is 0 Å². The molecule has 0 aliphatic carbocycles. The number of aromatic nitrogens is 1. The summed E-state index contributed by atoms with van der Waals surface area (Å²) in [6.07, 6.45) is -4.37. The standard InChI is InChI=1S/C25H21F3N4O2S/c26-25(27,28)17-8-6-16(7-9-17)14-30-21-12-11-20(23(29)32-21)24(33)31-15-19-10-13-22(35-19)34-18-4-2-1-3-5-18/h1-13H,14-15H2,(H,31,33)(H3,29,30,32). The number of amides is 1. The molecule has 2 aromatic carbocycles. The van der Waals surface area contributed by atoms with Gasteiger partial charge in [-0.25, -0.2) is 4.98 Å². The molecule has 4 N–H and O–H groups in total. The SMILES string of the molecule is Nc1nc(NCc2ccc(C(F)(F)F)cc2)ccc1C(=O)NCc1ccc(Oc2ccccc2)s1. The third-order valence-electron chi connectivity index (χ3n) is 4.95. The topological polar surface area (TPSA) is 89.3 Å². The van der Waals surface area contributed by atoms with Crippen LogP contribution in [0.1, 0.15) is 26.4 Å². The van der Waals surface area contributed by atoms with E-state index < -0.39 is 11.7 Å². The highest BCUT2D eigenvalue weighted by molar-refractivity contribution is 7.13. The molecular formula is C25H21F3N4O2S. The molecule has 0 saturated heterocycles. The largest absolute Gasteiger partial charge is 0.447 e. The Bertz CT molecular complexity index is 1290. The average Bonchev–Trinajstić information content (AvgIpc) is 3.29. The molecule has 0 aliphatic heterocycles. The third kappa shape index (κ3) is 6.51. The number of rotatable bonds is 8. The van der Waals surface area contributed by atoms with Crippen molar-refractivity contribution in [2.75, 3.05) is 11.1 Å². The van der Waals surface area contributed by atoms with Crippen LogP contribution < -0.4 is 21.1 Å². The highest BCUT2D eigenvalue weighted by atomic mass is 32.1. The second-order valence-corrected chi connectivity index (χ2v) is 8.63. The molecule has 0 bridgehead atoms. The number of carbonyl (C=O) groups is 1. The van der Waals surface area contributed by atoms with Crippen molar-refractivity contribution in [2.24, 2.45) is 0 Å². The van der Waals surface area contributed by atoms with Crippen LogP contribution in [0.5, 0.6) is 10.8 Å². The molecule has 180 valence electrons. The highest BCUT2D eigenvalue weighted by Gasteiger charge is 2.29. The fourth-order valence-electron chi connectivity index (χ4n) is 3.14. The van der Waals surface area contributed by atoms with Gasteiger partial charge >= 0.3 is 6.18 Å². The van der Waals surface area contributed by atoms with E-state index in [9.17, 15) is 18.0 Å². The van der Waals surface area contributed by atoms with Crippen molar-refractivity contribution in [3.05, 3.63) is 100 Å². The third-order valence-corrected chi connectivity index (χ3v) is 5.91. The maximum absolute atomic E-state index is 12.7. The molecule has 2 heterocycles. The number of para-hydroxylation sites is 1. The molecule has 0 radical (unpaired) electrons. The number of anilines is 2. The number of nitrogens with zero attached hydrogens (tertiary/aromatic N) is 1. The molecule has 0 saturated carbocycles. The molecule has 1 amide bonds. The fourth-order valence-corrected chi connectivity index (χ4v) is 3.96. The fraction of sp³-hybridized carbons (Fsp3) is 0.120. The Morgan fingerprint density at radius 1 is 0.943 bits per heavy atom. The number of nitrogens with two attached hydrogens (primary N) is 1. The maximum Gasteiger partial charge on any atom is 0.416 e.